The van der Waals surface area contributed by atoms with Gasteiger partial charge >= 0.3 is 0 Å². The SMILES string of the molecule is NCc1cc(Cl)ccc1OCc1ccc(F)c(F)c1. The van der Waals surface area contributed by atoms with E-state index in [0.29, 0.717) is 16.3 Å². The van der Waals surface area contributed by atoms with Gasteiger partial charge in [-0.15, -0.1) is 0 Å². The van der Waals surface area contributed by atoms with Crippen LogP contribution in [0.1, 0.15) is 11.1 Å². The summed E-state index contributed by atoms with van der Waals surface area (Å²) in [4.78, 5) is 0. The Bertz CT molecular complexity index is 590. The van der Waals surface area contributed by atoms with Crippen LogP contribution >= 0.6 is 11.6 Å². The first-order chi connectivity index (χ1) is 9.10. The highest BCUT2D eigenvalue weighted by Gasteiger charge is 2.06. The molecule has 0 fully saturated rings. The average molecular weight is 284 g/mol. The third kappa shape index (κ3) is 3.43. The van der Waals surface area contributed by atoms with Crippen molar-refractivity contribution in [2.75, 3.05) is 0 Å². The molecular weight excluding hydrogens is 272 g/mol. The van der Waals surface area contributed by atoms with Crippen LogP contribution in [0.3, 0.4) is 0 Å². The predicted octanol–water partition coefficient (Wildman–Crippen LogP) is 3.66. The van der Waals surface area contributed by atoms with Crippen molar-refractivity contribution in [3.8, 4) is 5.75 Å². The van der Waals surface area contributed by atoms with E-state index in [1.807, 2.05) is 0 Å². The van der Waals surface area contributed by atoms with Crippen molar-refractivity contribution in [3.63, 3.8) is 0 Å². The second-order valence-electron chi connectivity index (χ2n) is 3.99. The summed E-state index contributed by atoms with van der Waals surface area (Å²) in [5, 5.41) is 0.570. The molecule has 0 amide bonds. The van der Waals surface area contributed by atoms with Crippen LogP contribution in [-0.2, 0) is 13.2 Å². The lowest BCUT2D eigenvalue weighted by molar-refractivity contribution is 0.302. The molecule has 0 unspecified atom stereocenters. The quantitative estimate of drug-likeness (QED) is 0.929. The first-order valence-electron chi connectivity index (χ1n) is 5.65. The van der Waals surface area contributed by atoms with E-state index in [0.717, 1.165) is 17.7 Å². The molecule has 100 valence electrons. The van der Waals surface area contributed by atoms with E-state index >= 15 is 0 Å². The zero-order valence-electron chi connectivity index (χ0n) is 10.00. The number of rotatable bonds is 4. The maximum absolute atomic E-state index is 13.0. The van der Waals surface area contributed by atoms with E-state index in [1.54, 1.807) is 18.2 Å². The summed E-state index contributed by atoms with van der Waals surface area (Å²) in [7, 11) is 0. The van der Waals surface area contributed by atoms with E-state index in [9.17, 15) is 8.78 Å². The zero-order valence-corrected chi connectivity index (χ0v) is 10.8. The van der Waals surface area contributed by atoms with Crippen molar-refractivity contribution >= 4 is 11.6 Å². The highest BCUT2D eigenvalue weighted by molar-refractivity contribution is 6.30. The third-order valence-electron chi connectivity index (χ3n) is 2.62. The van der Waals surface area contributed by atoms with Gasteiger partial charge in [-0.05, 0) is 35.9 Å². The lowest BCUT2D eigenvalue weighted by Gasteiger charge is -2.11. The molecule has 2 aromatic carbocycles. The molecule has 2 rings (SSSR count). The van der Waals surface area contributed by atoms with Gasteiger partial charge in [0.25, 0.3) is 0 Å². The highest BCUT2D eigenvalue weighted by atomic mass is 35.5. The minimum absolute atomic E-state index is 0.131. The van der Waals surface area contributed by atoms with Crippen LogP contribution in [0, 0.1) is 11.6 Å². The molecule has 5 heteroatoms. The van der Waals surface area contributed by atoms with Gasteiger partial charge in [0.2, 0.25) is 0 Å². The molecule has 19 heavy (non-hydrogen) atoms. The molecule has 0 heterocycles. The molecule has 2 N–H and O–H groups in total. The van der Waals surface area contributed by atoms with Gasteiger partial charge < -0.3 is 10.5 Å². The summed E-state index contributed by atoms with van der Waals surface area (Å²) < 4.78 is 31.3. The van der Waals surface area contributed by atoms with Gasteiger partial charge in [-0.2, -0.15) is 0 Å². The molecule has 0 aliphatic rings. The van der Waals surface area contributed by atoms with Crippen molar-refractivity contribution in [3.05, 3.63) is 64.2 Å². The first-order valence-corrected chi connectivity index (χ1v) is 6.03. The largest absolute Gasteiger partial charge is 0.489 e. The second-order valence-corrected chi connectivity index (χ2v) is 4.43. The first kappa shape index (κ1) is 13.8. The number of benzene rings is 2. The normalized spacial score (nSPS) is 10.5. The van der Waals surface area contributed by atoms with Gasteiger partial charge in [-0.3, -0.25) is 0 Å². The molecule has 0 bridgehead atoms. The van der Waals surface area contributed by atoms with E-state index in [-0.39, 0.29) is 13.2 Å². The van der Waals surface area contributed by atoms with Crippen LogP contribution in [0.2, 0.25) is 5.02 Å². The Kier molecular flexibility index (Phi) is 4.35. The minimum Gasteiger partial charge on any atom is -0.489 e. The van der Waals surface area contributed by atoms with Crippen LogP contribution in [0.25, 0.3) is 0 Å². The molecule has 0 saturated carbocycles. The summed E-state index contributed by atoms with van der Waals surface area (Å²) in [6.07, 6.45) is 0. The zero-order chi connectivity index (χ0) is 13.8. The minimum atomic E-state index is -0.892. The van der Waals surface area contributed by atoms with E-state index < -0.39 is 11.6 Å². The van der Waals surface area contributed by atoms with Crippen LogP contribution in [0.4, 0.5) is 8.78 Å². The molecule has 2 nitrogen and oxygen atoms in total. The lowest BCUT2D eigenvalue weighted by Crippen LogP contribution is -2.03. The van der Waals surface area contributed by atoms with Gasteiger partial charge in [-0.1, -0.05) is 17.7 Å². The Morgan fingerprint density at radius 1 is 1.05 bits per heavy atom. The molecule has 2 aromatic rings. The van der Waals surface area contributed by atoms with Crippen molar-refractivity contribution in [2.45, 2.75) is 13.2 Å². The number of hydrogen-bond acceptors (Lipinski definition) is 2. The van der Waals surface area contributed by atoms with E-state index in [4.69, 9.17) is 22.1 Å². The van der Waals surface area contributed by atoms with Crippen molar-refractivity contribution in [2.24, 2.45) is 5.73 Å². The number of nitrogens with two attached hydrogens (primary N) is 1. The monoisotopic (exact) mass is 283 g/mol. The molecule has 0 aliphatic carbocycles. The van der Waals surface area contributed by atoms with Gasteiger partial charge in [0.05, 0.1) is 0 Å². The maximum atomic E-state index is 13.0. The molecular formula is C14H12ClF2NO. The number of hydrogen-bond donors (Lipinski definition) is 1. The Morgan fingerprint density at radius 2 is 1.84 bits per heavy atom. The van der Waals surface area contributed by atoms with Crippen LogP contribution in [0.15, 0.2) is 36.4 Å². The molecule has 0 saturated heterocycles. The summed E-state index contributed by atoms with van der Waals surface area (Å²) >= 11 is 5.85. The third-order valence-corrected chi connectivity index (χ3v) is 2.86. The molecule has 0 atom stereocenters. The highest BCUT2D eigenvalue weighted by Crippen LogP contribution is 2.23. The maximum Gasteiger partial charge on any atom is 0.159 e. The summed E-state index contributed by atoms with van der Waals surface area (Å²) in [6.45, 7) is 0.416. The smallest absolute Gasteiger partial charge is 0.159 e. The fourth-order valence-electron chi connectivity index (χ4n) is 1.64. The second kappa shape index (κ2) is 5.99. The summed E-state index contributed by atoms with van der Waals surface area (Å²) in [6, 6.07) is 8.73. The van der Waals surface area contributed by atoms with E-state index in [2.05, 4.69) is 0 Å². The number of ether oxygens (including phenoxy) is 1. The predicted molar refractivity (Wildman–Crippen MR) is 70.0 cm³/mol. The molecule has 0 spiro atoms. The molecule has 0 aliphatic heterocycles. The van der Waals surface area contributed by atoms with Crippen molar-refractivity contribution in [1.82, 2.24) is 0 Å². The standard InChI is InChI=1S/C14H12ClF2NO/c15-11-2-4-14(10(6-11)7-18)19-8-9-1-3-12(16)13(17)5-9/h1-6H,7-8,18H2. The fraction of sp³-hybridized carbons (Fsp3) is 0.143. The topological polar surface area (TPSA) is 35.2 Å². The van der Waals surface area contributed by atoms with Crippen LogP contribution < -0.4 is 10.5 Å². The lowest BCUT2D eigenvalue weighted by atomic mass is 10.2. The van der Waals surface area contributed by atoms with Gasteiger partial charge in [0, 0.05) is 17.1 Å². The van der Waals surface area contributed by atoms with Gasteiger partial charge in [0.1, 0.15) is 12.4 Å². The Morgan fingerprint density at radius 3 is 2.53 bits per heavy atom. The van der Waals surface area contributed by atoms with Gasteiger partial charge in [-0.25, -0.2) is 8.78 Å². The summed E-state index contributed by atoms with van der Waals surface area (Å²) in [5.41, 5.74) is 6.88. The molecule has 0 aromatic heterocycles. The van der Waals surface area contributed by atoms with Crippen LogP contribution in [0.5, 0.6) is 5.75 Å². The van der Waals surface area contributed by atoms with Gasteiger partial charge in [0.15, 0.2) is 11.6 Å². The van der Waals surface area contributed by atoms with Crippen molar-refractivity contribution < 1.29 is 13.5 Å². The summed E-state index contributed by atoms with van der Waals surface area (Å²) in [5.74, 6) is -1.19. The molecule has 0 radical (unpaired) electrons. The van der Waals surface area contributed by atoms with Crippen molar-refractivity contribution in [1.29, 1.82) is 0 Å². The average Bonchev–Trinajstić information content (AvgIpc) is 2.41. The fourth-order valence-corrected chi connectivity index (χ4v) is 1.83. The van der Waals surface area contributed by atoms with E-state index in [1.165, 1.54) is 6.07 Å². The Hall–Kier alpha value is -1.65. The number of halogens is 3. The Balaban J connectivity index is 2.12. The van der Waals surface area contributed by atoms with Crippen LogP contribution in [-0.4, -0.2) is 0 Å². The Labute approximate surface area is 114 Å².